The molecule has 4 nitrogen and oxygen atoms in total. The van der Waals surface area contributed by atoms with Crippen molar-refractivity contribution in [1.82, 2.24) is 10.2 Å². The number of nitrogens with one attached hydrogen (secondary N) is 1. The van der Waals surface area contributed by atoms with Crippen LogP contribution in [-0.2, 0) is 22.4 Å². The zero-order valence-electron chi connectivity index (χ0n) is 11.8. The summed E-state index contributed by atoms with van der Waals surface area (Å²) in [6.07, 6.45) is 1.92. The van der Waals surface area contributed by atoms with Crippen LogP contribution in [0.15, 0.2) is 24.3 Å². The molecule has 4 heteroatoms. The molecule has 0 spiro atoms. The number of hydrogen-bond acceptors (Lipinski definition) is 3. The molecule has 0 aromatic heterocycles. The second-order valence-corrected chi connectivity index (χ2v) is 5.57. The normalized spacial score (nSPS) is 23.6. The van der Waals surface area contributed by atoms with Gasteiger partial charge in [-0.05, 0) is 24.0 Å². The Morgan fingerprint density at radius 2 is 1.90 bits per heavy atom. The number of fused-ring (bicyclic) bond motifs is 1. The first-order valence-corrected chi connectivity index (χ1v) is 7.48. The van der Waals surface area contributed by atoms with Gasteiger partial charge < -0.3 is 15.0 Å². The number of hydrogen-bond donors (Lipinski definition) is 1. The maximum atomic E-state index is 12.6. The first kappa shape index (κ1) is 13.6. The summed E-state index contributed by atoms with van der Waals surface area (Å²) in [5.74, 6) is 0.214. The van der Waals surface area contributed by atoms with Gasteiger partial charge in [-0.3, -0.25) is 4.79 Å². The Bertz CT molecular complexity index is 440. The first-order valence-electron chi connectivity index (χ1n) is 7.48. The quantitative estimate of drug-likeness (QED) is 0.825. The fourth-order valence-electron chi connectivity index (χ4n) is 3.01. The molecular formula is C16H22N2O2. The smallest absolute Gasteiger partial charge is 0.229 e. The molecule has 1 saturated heterocycles. The highest BCUT2D eigenvalue weighted by Gasteiger charge is 2.26. The molecule has 1 atom stereocenters. The number of benzene rings is 1. The summed E-state index contributed by atoms with van der Waals surface area (Å²) in [5.41, 5.74) is 2.77. The largest absolute Gasteiger partial charge is 0.379 e. The van der Waals surface area contributed by atoms with Gasteiger partial charge in [0.05, 0.1) is 19.1 Å². The van der Waals surface area contributed by atoms with Gasteiger partial charge in [-0.15, -0.1) is 0 Å². The van der Waals surface area contributed by atoms with E-state index < -0.39 is 0 Å². The van der Waals surface area contributed by atoms with Crippen molar-refractivity contribution in [2.24, 2.45) is 5.92 Å². The molecule has 1 amide bonds. The Balaban J connectivity index is 1.65. The van der Waals surface area contributed by atoms with E-state index in [1.807, 2.05) is 4.90 Å². The summed E-state index contributed by atoms with van der Waals surface area (Å²) in [6, 6.07) is 8.53. The summed E-state index contributed by atoms with van der Waals surface area (Å²) in [6.45, 7) is 4.49. The van der Waals surface area contributed by atoms with E-state index >= 15 is 0 Å². The molecule has 1 fully saturated rings. The highest BCUT2D eigenvalue weighted by molar-refractivity contribution is 5.79. The van der Waals surface area contributed by atoms with Crippen LogP contribution in [-0.4, -0.2) is 50.2 Å². The molecule has 0 aliphatic carbocycles. The predicted molar refractivity (Wildman–Crippen MR) is 77.6 cm³/mol. The van der Waals surface area contributed by atoms with Crippen molar-refractivity contribution in [2.75, 3.05) is 39.4 Å². The van der Waals surface area contributed by atoms with Gasteiger partial charge in [-0.25, -0.2) is 0 Å². The molecule has 1 aromatic carbocycles. The highest BCUT2D eigenvalue weighted by Crippen LogP contribution is 2.17. The van der Waals surface area contributed by atoms with Crippen LogP contribution in [0.5, 0.6) is 0 Å². The van der Waals surface area contributed by atoms with Gasteiger partial charge >= 0.3 is 0 Å². The van der Waals surface area contributed by atoms with Gasteiger partial charge in [-0.2, -0.15) is 0 Å². The van der Waals surface area contributed by atoms with Crippen LogP contribution < -0.4 is 5.32 Å². The summed E-state index contributed by atoms with van der Waals surface area (Å²) in [7, 11) is 0. The van der Waals surface area contributed by atoms with Crippen molar-refractivity contribution in [3.63, 3.8) is 0 Å². The van der Waals surface area contributed by atoms with Crippen LogP contribution in [0, 0.1) is 5.92 Å². The molecule has 1 unspecified atom stereocenters. The van der Waals surface area contributed by atoms with E-state index in [-0.39, 0.29) is 11.8 Å². The second kappa shape index (κ2) is 6.37. The molecule has 0 bridgehead atoms. The number of ether oxygens (including phenoxy) is 1. The molecule has 3 rings (SSSR count). The van der Waals surface area contributed by atoms with Crippen LogP contribution in [0.4, 0.5) is 0 Å². The Morgan fingerprint density at radius 3 is 2.60 bits per heavy atom. The lowest BCUT2D eigenvalue weighted by Crippen LogP contribution is -2.42. The summed E-state index contributed by atoms with van der Waals surface area (Å²) >= 11 is 0. The van der Waals surface area contributed by atoms with E-state index in [9.17, 15) is 4.79 Å². The first-order chi connectivity index (χ1) is 9.84. The fourth-order valence-corrected chi connectivity index (χ4v) is 3.01. The lowest BCUT2D eigenvalue weighted by Gasteiger charge is -2.25. The molecule has 2 aliphatic heterocycles. The van der Waals surface area contributed by atoms with E-state index in [0.29, 0.717) is 13.2 Å². The van der Waals surface area contributed by atoms with E-state index in [2.05, 4.69) is 29.6 Å². The third-order valence-electron chi connectivity index (χ3n) is 4.21. The third-order valence-corrected chi connectivity index (χ3v) is 4.21. The molecule has 0 saturated carbocycles. The SMILES string of the molecule is O=C(C1CNCCOC1)N1CCc2ccccc2CC1. The van der Waals surface area contributed by atoms with Crippen molar-refractivity contribution in [3.05, 3.63) is 35.4 Å². The van der Waals surface area contributed by atoms with Crippen molar-refractivity contribution in [1.29, 1.82) is 0 Å². The third kappa shape index (κ3) is 3.02. The Hall–Kier alpha value is -1.39. The van der Waals surface area contributed by atoms with Crippen molar-refractivity contribution in [2.45, 2.75) is 12.8 Å². The molecule has 1 aromatic rings. The molecule has 108 valence electrons. The Labute approximate surface area is 120 Å². The Kier molecular flexibility index (Phi) is 4.33. The van der Waals surface area contributed by atoms with Gasteiger partial charge in [0.25, 0.3) is 0 Å². The van der Waals surface area contributed by atoms with Crippen molar-refractivity contribution in [3.8, 4) is 0 Å². The standard InChI is InChI=1S/C16H22N2O2/c19-16(15-11-17-7-10-20-12-15)18-8-5-13-3-1-2-4-14(13)6-9-18/h1-4,15,17H,5-12H2. The van der Waals surface area contributed by atoms with Crippen LogP contribution in [0.25, 0.3) is 0 Å². The zero-order chi connectivity index (χ0) is 13.8. The van der Waals surface area contributed by atoms with Crippen LogP contribution in [0.3, 0.4) is 0 Å². The average Bonchev–Trinajstić information content (AvgIpc) is 2.87. The summed E-state index contributed by atoms with van der Waals surface area (Å²) in [4.78, 5) is 14.6. The van der Waals surface area contributed by atoms with Gasteiger partial charge in [0.15, 0.2) is 0 Å². The van der Waals surface area contributed by atoms with Gasteiger partial charge in [0.1, 0.15) is 0 Å². The summed E-state index contributed by atoms with van der Waals surface area (Å²) in [5, 5.41) is 3.28. The highest BCUT2D eigenvalue weighted by atomic mass is 16.5. The lowest BCUT2D eigenvalue weighted by molar-refractivity contribution is -0.136. The van der Waals surface area contributed by atoms with Gasteiger partial charge in [-0.1, -0.05) is 24.3 Å². The second-order valence-electron chi connectivity index (χ2n) is 5.57. The molecule has 2 heterocycles. The van der Waals surface area contributed by atoms with Crippen LogP contribution in [0.2, 0.25) is 0 Å². The number of carbonyl (C=O) groups excluding carboxylic acids is 1. The van der Waals surface area contributed by atoms with Crippen molar-refractivity contribution < 1.29 is 9.53 Å². The average molecular weight is 274 g/mol. The van der Waals surface area contributed by atoms with E-state index in [1.54, 1.807) is 0 Å². The minimum atomic E-state index is -0.0290. The maximum absolute atomic E-state index is 12.6. The number of amides is 1. The topological polar surface area (TPSA) is 41.6 Å². The van der Waals surface area contributed by atoms with Gasteiger partial charge in [0.2, 0.25) is 5.91 Å². The van der Waals surface area contributed by atoms with Crippen LogP contribution >= 0.6 is 0 Å². The number of rotatable bonds is 1. The maximum Gasteiger partial charge on any atom is 0.229 e. The Morgan fingerprint density at radius 1 is 1.20 bits per heavy atom. The van der Waals surface area contributed by atoms with Gasteiger partial charge in [0, 0.05) is 26.2 Å². The van der Waals surface area contributed by atoms with Crippen LogP contribution in [0.1, 0.15) is 11.1 Å². The van der Waals surface area contributed by atoms with E-state index in [4.69, 9.17) is 4.74 Å². The molecular weight excluding hydrogens is 252 g/mol. The zero-order valence-corrected chi connectivity index (χ0v) is 11.8. The molecule has 1 N–H and O–H groups in total. The number of carbonyl (C=O) groups is 1. The lowest BCUT2D eigenvalue weighted by atomic mass is 10.0. The van der Waals surface area contributed by atoms with Crippen molar-refractivity contribution >= 4 is 5.91 Å². The minimum Gasteiger partial charge on any atom is -0.379 e. The summed E-state index contributed by atoms with van der Waals surface area (Å²) < 4.78 is 5.50. The monoisotopic (exact) mass is 274 g/mol. The molecule has 2 aliphatic rings. The minimum absolute atomic E-state index is 0.0290. The fraction of sp³-hybridized carbons (Fsp3) is 0.562. The molecule has 0 radical (unpaired) electrons. The predicted octanol–water partition coefficient (Wildman–Crippen LogP) is 0.850. The molecule has 20 heavy (non-hydrogen) atoms. The van der Waals surface area contributed by atoms with E-state index in [0.717, 1.165) is 39.0 Å². The number of nitrogens with zero attached hydrogens (tertiary/aromatic N) is 1. The van der Waals surface area contributed by atoms with E-state index in [1.165, 1.54) is 11.1 Å².